The predicted molar refractivity (Wildman–Crippen MR) is 87.5 cm³/mol. The van der Waals surface area contributed by atoms with Crippen LogP contribution in [0.25, 0.3) is 0 Å². The van der Waals surface area contributed by atoms with E-state index in [1.165, 1.54) is 0 Å². The summed E-state index contributed by atoms with van der Waals surface area (Å²) in [5, 5.41) is 18.3. The smallest absolute Gasteiger partial charge is 0.332 e. The normalized spacial score (nSPS) is 11.5. The molecule has 130 valence electrons. The van der Waals surface area contributed by atoms with Crippen molar-refractivity contribution in [2.75, 3.05) is 6.61 Å². The van der Waals surface area contributed by atoms with E-state index in [4.69, 9.17) is 9.84 Å². The number of ether oxygens (including phenoxy) is 1. The highest BCUT2D eigenvalue weighted by atomic mass is 16.5. The monoisotopic (exact) mass is 334 g/mol. The van der Waals surface area contributed by atoms with Gasteiger partial charge < -0.3 is 14.9 Å². The zero-order valence-corrected chi connectivity index (χ0v) is 13.7. The van der Waals surface area contributed by atoms with E-state index in [0.29, 0.717) is 0 Å². The number of carbonyl (C=O) groups is 3. The first-order valence-electron chi connectivity index (χ1n) is 7.79. The molecule has 0 amide bonds. The first-order chi connectivity index (χ1) is 11.4. The van der Waals surface area contributed by atoms with Gasteiger partial charge in [0.1, 0.15) is 0 Å². The Morgan fingerprint density at radius 1 is 1.04 bits per heavy atom. The van der Waals surface area contributed by atoms with Crippen LogP contribution in [0.5, 0.6) is 0 Å². The van der Waals surface area contributed by atoms with Crippen LogP contribution in [-0.2, 0) is 25.5 Å². The number of rotatable bonds is 10. The van der Waals surface area contributed by atoms with Crippen LogP contribution in [0.3, 0.4) is 0 Å². The number of carboxylic acids is 2. The van der Waals surface area contributed by atoms with Crippen LogP contribution in [0.1, 0.15) is 38.2 Å². The molecule has 0 aliphatic carbocycles. The quantitative estimate of drug-likeness (QED) is 0.388. The van der Waals surface area contributed by atoms with E-state index in [1.54, 1.807) is 24.3 Å². The molecule has 24 heavy (non-hydrogen) atoms. The molecule has 0 fully saturated rings. The van der Waals surface area contributed by atoms with Crippen molar-refractivity contribution < 1.29 is 29.3 Å². The first-order valence-corrected chi connectivity index (χ1v) is 7.79. The van der Waals surface area contributed by atoms with Crippen molar-refractivity contribution in [3.8, 4) is 0 Å². The number of carbonyl (C=O) groups excluding carboxylic acids is 1. The van der Waals surface area contributed by atoms with Gasteiger partial charge in [-0.1, -0.05) is 43.7 Å². The predicted octanol–water partition coefficient (Wildman–Crippen LogP) is 2.82. The molecule has 2 N–H and O–H groups in total. The molecule has 0 unspecified atom stereocenters. The van der Waals surface area contributed by atoms with E-state index >= 15 is 0 Å². The van der Waals surface area contributed by atoms with Crippen molar-refractivity contribution in [3.05, 3.63) is 47.0 Å². The molecule has 0 radical (unpaired) electrons. The van der Waals surface area contributed by atoms with Crippen LogP contribution >= 0.6 is 0 Å². The summed E-state index contributed by atoms with van der Waals surface area (Å²) in [6.45, 7) is 2.24. The molecule has 0 saturated heterocycles. The van der Waals surface area contributed by atoms with E-state index < -0.39 is 24.3 Å². The Balaban J connectivity index is 3.02. The number of hydrogen-bond acceptors (Lipinski definition) is 4. The summed E-state index contributed by atoms with van der Waals surface area (Å²) in [5.41, 5.74) is 0.800. The molecule has 0 aromatic heterocycles. The van der Waals surface area contributed by atoms with Crippen LogP contribution in [0.2, 0.25) is 0 Å². The zero-order valence-electron chi connectivity index (χ0n) is 13.7. The molecule has 1 rings (SSSR count). The first kappa shape index (κ1) is 19.4. The van der Waals surface area contributed by atoms with Crippen LogP contribution < -0.4 is 0 Å². The van der Waals surface area contributed by atoms with E-state index in [0.717, 1.165) is 18.4 Å². The lowest BCUT2D eigenvalue weighted by molar-refractivity contribution is -0.143. The third kappa shape index (κ3) is 7.09. The Kier molecular flexibility index (Phi) is 8.25. The third-order valence-corrected chi connectivity index (χ3v) is 3.39. The van der Waals surface area contributed by atoms with E-state index in [-0.39, 0.29) is 30.6 Å². The second kappa shape index (κ2) is 10.2. The Bertz CT molecular complexity index is 603. The van der Waals surface area contributed by atoms with Gasteiger partial charge in [-0.3, -0.25) is 9.59 Å². The van der Waals surface area contributed by atoms with Gasteiger partial charge in [0.15, 0.2) is 0 Å². The summed E-state index contributed by atoms with van der Waals surface area (Å²) in [6.07, 6.45) is 0.926. The van der Waals surface area contributed by atoms with Crippen molar-refractivity contribution >= 4 is 17.9 Å². The van der Waals surface area contributed by atoms with Crippen molar-refractivity contribution in [1.82, 2.24) is 0 Å². The number of aliphatic carboxylic acids is 2. The van der Waals surface area contributed by atoms with Crippen molar-refractivity contribution in [2.24, 2.45) is 0 Å². The lowest BCUT2D eigenvalue weighted by Crippen LogP contribution is -2.15. The third-order valence-electron chi connectivity index (χ3n) is 3.39. The largest absolute Gasteiger partial charge is 0.481 e. The summed E-state index contributed by atoms with van der Waals surface area (Å²) >= 11 is 0. The molecule has 0 saturated carbocycles. The fourth-order valence-electron chi connectivity index (χ4n) is 2.18. The number of hydrogen-bond donors (Lipinski definition) is 2. The van der Waals surface area contributed by atoms with Gasteiger partial charge in [-0.05, 0) is 24.0 Å². The minimum absolute atomic E-state index is 0.193. The molecule has 0 aliphatic rings. The zero-order chi connectivity index (χ0) is 17.9. The molecule has 6 nitrogen and oxygen atoms in total. The number of benzene rings is 1. The molecular formula is C18H22O6. The fraction of sp³-hybridized carbons (Fsp3) is 0.389. The lowest BCUT2D eigenvalue weighted by atomic mass is 9.95. The van der Waals surface area contributed by atoms with Crippen LogP contribution in [0, 0.1) is 0 Å². The topological polar surface area (TPSA) is 101 Å². The Labute approximate surface area is 140 Å². The molecule has 1 aromatic carbocycles. The van der Waals surface area contributed by atoms with Crippen LogP contribution in [-0.4, -0.2) is 34.7 Å². The van der Waals surface area contributed by atoms with Gasteiger partial charge in [-0.2, -0.15) is 0 Å². The van der Waals surface area contributed by atoms with E-state index in [1.807, 2.05) is 13.0 Å². The molecule has 0 spiro atoms. The summed E-state index contributed by atoms with van der Waals surface area (Å²) in [5.74, 6) is -3.12. The summed E-state index contributed by atoms with van der Waals surface area (Å²) in [6, 6.07) is 9.00. The maximum absolute atomic E-state index is 11.9. The molecule has 1 aromatic rings. The summed E-state index contributed by atoms with van der Waals surface area (Å²) < 4.78 is 5.07. The maximum Gasteiger partial charge on any atom is 0.332 e. The Hall–Kier alpha value is -2.63. The molecule has 0 atom stereocenters. The molecular weight excluding hydrogens is 312 g/mol. The minimum atomic E-state index is -1.33. The average Bonchev–Trinajstić information content (AvgIpc) is 2.53. The van der Waals surface area contributed by atoms with Gasteiger partial charge in [-0.25, -0.2) is 4.79 Å². The van der Waals surface area contributed by atoms with Gasteiger partial charge in [0, 0.05) is 5.57 Å². The highest BCUT2D eigenvalue weighted by Crippen LogP contribution is 2.20. The van der Waals surface area contributed by atoms with Gasteiger partial charge in [-0.15, -0.1) is 0 Å². The minimum Gasteiger partial charge on any atom is -0.481 e. The fourth-order valence-corrected chi connectivity index (χ4v) is 2.18. The van der Waals surface area contributed by atoms with Crippen LogP contribution in [0.4, 0.5) is 0 Å². The van der Waals surface area contributed by atoms with Crippen molar-refractivity contribution in [2.45, 2.75) is 39.0 Å². The van der Waals surface area contributed by atoms with Gasteiger partial charge >= 0.3 is 17.9 Å². The second-order valence-corrected chi connectivity index (χ2v) is 5.37. The molecule has 0 bridgehead atoms. The molecule has 0 aliphatic heterocycles. The molecule has 0 heterocycles. The van der Waals surface area contributed by atoms with E-state index in [2.05, 4.69) is 0 Å². The van der Waals surface area contributed by atoms with Crippen LogP contribution in [0.15, 0.2) is 41.5 Å². The lowest BCUT2D eigenvalue weighted by Gasteiger charge is -2.12. The number of esters is 1. The van der Waals surface area contributed by atoms with Crippen molar-refractivity contribution in [1.29, 1.82) is 0 Å². The molecule has 6 heteroatoms. The maximum atomic E-state index is 11.9. The highest BCUT2D eigenvalue weighted by molar-refractivity contribution is 5.94. The summed E-state index contributed by atoms with van der Waals surface area (Å²) in [4.78, 5) is 34.3. The Morgan fingerprint density at radius 2 is 1.71 bits per heavy atom. The number of carboxylic acid groups (broad SMARTS) is 2. The van der Waals surface area contributed by atoms with Crippen molar-refractivity contribution in [3.63, 3.8) is 0 Å². The van der Waals surface area contributed by atoms with E-state index in [9.17, 15) is 19.5 Å². The van der Waals surface area contributed by atoms with Gasteiger partial charge in [0.2, 0.25) is 0 Å². The SMILES string of the molecule is CCCCOC(=O)CC(Cc1ccccc1)=C(CC(=O)O)C(=O)O. The van der Waals surface area contributed by atoms with Gasteiger partial charge in [0.25, 0.3) is 0 Å². The average molecular weight is 334 g/mol. The second-order valence-electron chi connectivity index (χ2n) is 5.37. The number of unbranched alkanes of at least 4 members (excludes halogenated alkanes) is 1. The highest BCUT2D eigenvalue weighted by Gasteiger charge is 2.20. The summed E-state index contributed by atoms with van der Waals surface area (Å²) in [7, 11) is 0. The standard InChI is InChI=1S/C18H22O6/c1-2-3-9-24-17(21)11-14(10-13-7-5-4-6-8-13)15(18(22)23)12-16(19)20/h4-8H,2-3,9-12H2,1H3,(H,19,20)(H,22,23). The Morgan fingerprint density at radius 3 is 2.25 bits per heavy atom. The van der Waals surface area contributed by atoms with Gasteiger partial charge in [0.05, 0.1) is 19.4 Å².